The molecule has 0 saturated carbocycles. The van der Waals surface area contributed by atoms with Gasteiger partial charge in [-0.1, -0.05) is 18.2 Å². The molecule has 1 fully saturated rings. The second-order valence-corrected chi connectivity index (χ2v) is 5.36. The highest BCUT2D eigenvalue weighted by Crippen LogP contribution is 2.32. The van der Waals surface area contributed by atoms with E-state index in [9.17, 15) is 9.90 Å². The van der Waals surface area contributed by atoms with Gasteiger partial charge in [0.2, 0.25) is 0 Å². The molecule has 0 radical (unpaired) electrons. The van der Waals surface area contributed by atoms with E-state index in [-0.39, 0.29) is 18.7 Å². The maximum Gasteiger partial charge on any atom is 0.310 e. The Balaban J connectivity index is 2.19. The van der Waals surface area contributed by atoms with Gasteiger partial charge in [0.15, 0.2) is 0 Å². The third-order valence-corrected chi connectivity index (χ3v) is 4.17. The number of carboxylic acid groups (broad SMARTS) is 1. The summed E-state index contributed by atoms with van der Waals surface area (Å²) < 4.78 is 11.0. The van der Waals surface area contributed by atoms with Crippen LogP contribution in [0.2, 0.25) is 0 Å². The summed E-state index contributed by atoms with van der Waals surface area (Å²) >= 11 is 0. The van der Waals surface area contributed by atoms with Crippen LogP contribution in [0, 0.1) is 5.92 Å². The summed E-state index contributed by atoms with van der Waals surface area (Å²) in [4.78, 5) is 13.4. The summed E-state index contributed by atoms with van der Waals surface area (Å²) in [5.41, 5.74) is 1.07. The van der Waals surface area contributed by atoms with Crippen LogP contribution in [0.3, 0.4) is 0 Å². The molecule has 1 aromatic carbocycles. The van der Waals surface area contributed by atoms with Gasteiger partial charge in [-0.05, 0) is 27.0 Å². The van der Waals surface area contributed by atoms with Crippen LogP contribution < -0.4 is 4.74 Å². The number of hydrogen-bond donors (Lipinski definition) is 1. The van der Waals surface area contributed by atoms with Crippen molar-refractivity contribution in [2.24, 2.45) is 5.92 Å². The molecule has 5 heteroatoms. The van der Waals surface area contributed by atoms with Gasteiger partial charge in [0.05, 0.1) is 25.7 Å². The maximum absolute atomic E-state index is 11.3. The molecule has 0 amide bonds. The zero-order chi connectivity index (χ0) is 15.4. The number of rotatable bonds is 6. The van der Waals surface area contributed by atoms with Gasteiger partial charge < -0.3 is 14.6 Å². The van der Waals surface area contributed by atoms with Crippen LogP contribution in [0.4, 0.5) is 0 Å². The molecular formula is C16H23NO4. The number of likely N-dealkylation sites (N-methyl/N-ethyl adjacent to an activating group) is 1. The average molecular weight is 293 g/mol. The van der Waals surface area contributed by atoms with Gasteiger partial charge in [-0.3, -0.25) is 9.69 Å². The Morgan fingerprint density at radius 3 is 2.86 bits per heavy atom. The molecule has 0 aliphatic carbocycles. The van der Waals surface area contributed by atoms with E-state index < -0.39 is 11.9 Å². The molecular weight excluding hydrogens is 270 g/mol. The topological polar surface area (TPSA) is 59.0 Å². The van der Waals surface area contributed by atoms with Crippen LogP contribution in [-0.4, -0.2) is 48.9 Å². The first-order valence-corrected chi connectivity index (χ1v) is 7.30. The van der Waals surface area contributed by atoms with Crippen LogP contribution in [0.1, 0.15) is 25.5 Å². The lowest BCUT2D eigenvalue weighted by atomic mass is 9.98. The van der Waals surface area contributed by atoms with Gasteiger partial charge >= 0.3 is 5.97 Å². The number of para-hydroxylation sites is 1. The normalized spacial score (nSPS) is 23.2. The molecule has 5 nitrogen and oxygen atoms in total. The predicted octanol–water partition coefficient (Wildman–Crippen LogP) is 2.18. The molecule has 0 bridgehead atoms. The summed E-state index contributed by atoms with van der Waals surface area (Å²) in [6, 6.07) is 7.83. The van der Waals surface area contributed by atoms with E-state index in [0.717, 1.165) is 11.3 Å². The van der Waals surface area contributed by atoms with Crippen LogP contribution in [-0.2, 0) is 9.53 Å². The number of ether oxygens (including phenoxy) is 2. The lowest BCUT2D eigenvalue weighted by Gasteiger charge is -2.32. The number of carbonyl (C=O) groups is 1. The largest absolute Gasteiger partial charge is 0.494 e. The highest BCUT2D eigenvalue weighted by atomic mass is 16.5. The summed E-state index contributed by atoms with van der Waals surface area (Å²) in [5.74, 6) is -0.420. The Morgan fingerprint density at radius 2 is 2.19 bits per heavy atom. The number of nitrogens with zero attached hydrogens (tertiary/aromatic N) is 1. The smallest absolute Gasteiger partial charge is 0.310 e. The Kier molecular flexibility index (Phi) is 5.20. The van der Waals surface area contributed by atoms with E-state index >= 15 is 0 Å². The second-order valence-electron chi connectivity index (χ2n) is 5.36. The molecule has 3 atom stereocenters. The first kappa shape index (κ1) is 15.8. The molecule has 1 aliphatic heterocycles. The molecule has 21 heavy (non-hydrogen) atoms. The van der Waals surface area contributed by atoms with Crippen molar-refractivity contribution in [3.63, 3.8) is 0 Å². The van der Waals surface area contributed by atoms with Gasteiger partial charge in [-0.2, -0.15) is 0 Å². The van der Waals surface area contributed by atoms with E-state index in [0.29, 0.717) is 13.2 Å². The monoisotopic (exact) mass is 293 g/mol. The van der Waals surface area contributed by atoms with Crippen molar-refractivity contribution >= 4 is 5.97 Å². The summed E-state index contributed by atoms with van der Waals surface area (Å²) in [6.07, 6.45) is 0. The number of hydrogen-bond acceptors (Lipinski definition) is 4. The van der Waals surface area contributed by atoms with E-state index in [4.69, 9.17) is 9.47 Å². The Hall–Kier alpha value is -1.59. The zero-order valence-corrected chi connectivity index (χ0v) is 12.8. The van der Waals surface area contributed by atoms with Gasteiger partial charge in [0.25, 0.3) is 0 Å². The maximum atomic E-state index is 11.3. The minimum Gasteiger partial charge on any atom is -0.494 e. The third kappa shape index (κ3) is 3.36. The van der Waals surface area contributed by atoms with E-state index in [1.807, 2.05) is 38.2 Å². The van der Waals surface area contributed by atoms with Crippen LogP contribution >= 0.6 is 0 Å². The number of carboxylic acids is 1. The van der Waals surface area contributed by atoms with Crippen LogP contribution in [0.15, 0.2) is 24.3 Å². The zero-order valence-electron chi connectivity index (χ0n) is 12.8. The Morgan fingerprint density at radius 1 is 1.48 bits per heavy atom. The van der Waals surface area contributed by atoms with Crippen molar-refractivity contribution in [1.29, 1.82) is 0 Å². The summed E-state index contributed by atoms with van der Waals surface area (Å²) in [5, 5.41) is 9.29. The van der Waals surface area contributed by atoms with Crippen LogP contribution in [0.5, 0.6) is 5.75 Å². The molecule has 0 aromatic heterocycles. The molecule has 0 spiro atoms. The standard InChI is InChI=1S/C16H23NO4/c1-4-21-15-8-6-5-7-12(15)11(2)17(3)14-10-20-9-13(14)16(18)19/h5-8,11,13-14H,4,9-10H2,1-3H3,(H,18,19). The fourth-order valence-corrected chi connectivity index (χ4v) is 2.80. The Bertz CT molecular complexity index is 491. The minimum absolute atomic E-state index is 0.0568. The van der Waals surface area contributed by atoms with Gasteiger partial charge in [-0.25, -0.2) is 0 Å². The molecule has 1 saturated heterocycles. The van der Waals surface area contributed by atoms with Crippen molar-refractivity contribution in [3.8, 4) is 5.75 Å². The Labute approximate surface area is 125 Å². The molecule has 3 unspecified atom stereocenters. The minimum atomic E-state index is -0.797. The van der Waals surface area contributed by atoms with Gasteiger partial charge in [0.1, 0.15) is 5.75 Å². The highest BCUT2D eigenvalue weighted by molar-refractivity contribution is 5.71. The molecule has 1 heterocycles. The van der Waals surface area contributed by atoms with Crippen molar-refractivity contribution in [1.82, 2.24) is 4.90 Å². The quantitative estimate of drug-likeness (QED) is 0.871. The first-order chi connectivity index (χ1) is 10.1. The van der Waals surface area contributed by atoms with Crippen molar-refractivity contribution in [2.45, 2.75) is 25.9 Å². The predicted molar refractivity (Wildman–Crippen MR) is 79.5 cm³/mol. The molecule has 116 valence electrons. The summed E-state index contributed by atoms with van der Waals surface area (Å²) in [7, 11) is 1.95. The van der Waals surface area contributed by atoms with Crippen molar-refractivity contribution in [2.75, 3.05) is 26.9 Å². The SMILES string of the molecule is CCOc1ccccc1C(C)N(C)C1COCC1C(=O)O. The van der Waals surface area contributed by atoms with Gasteiger partial charge in [-0.15, -0.1) is 0 Å². The average Bonchev–Trinajstić information content (AvgIpc) is 2.96. The lowest BCUT2D eigenvalue weighted by molar-refractivity contribution is -0.143. The lowest BCUT2D eigenvalue weighted by Crippen LogP contribution is -2.42. The number of aliphatic carboxylic acids is 1. The fourth-order valence-electron chi connectivity index (χ4n) is 2.80. The van der Waals surface area contributed by atoms with Crippen LogP contribution in [0.25, 0.3) is 0 Å². The summed E-state index contributed by atoms with van der Waals surface area (Å²) in [6.45, 7) is 5.36. The van der Waals surface area contributed by atoms with Crippen molar-refractivity contribution in [3.05, 3.63) is 29.8 Å². The van der Waals surface area contributed by atoms with E-state index in [1.54, 1.807) is 0 Å². The van der Waals surface area contributed by atoms with E-state index in [2.05, 4.69) is 11.8 Å². The highest BCUT2D eigenvalue weighted by Gasteiger charge is 2.38. The fraction of sp³-hybridized carbons (Fsp3) is 0.562. The molecule has 1 aromatic rings. The third-order valence-electron chi connectivity index (χ3n) is 4.17. The second kappa shape index (κ2) is 6.91. The molecule has 1 aliphatic rings. The first-order valence-electron chi connectivity index (χ1n) is 7.30. The van der Waals surface area contributed by atoms with Gasteiger partial charge in [0, 0.05) is 17.6 Å². The molecule has 1 N–H and O–H groups in total. The molecule has 2 rings (SSSR count). The van der Waals surface area contributed by atoms with Crippen molar-refractivity contribution < 1.29 is 19.4 Å². The number of benzene rings is 1. The van der Waals surface area contributed by atoms with E-state index in [1.165, 1.54) is 0 Å².